The fourth-order valence-corrected chi connectivity index (χ4v) is 3.94. The number of hydrogen-bond acceptors (Lipinski definition) is 3. The molecule has 2 heterocycles. The summed E-state index contributed by atoms with van der Waals surface area (Å²) in [5, 5.41) is 3.55. The fraction of sp³-hybridized carbons (Fsp3) is 0.400. The highest BCUT2D eigenvalue weighted by atomic mass is 16.2. The average Bonchev–Trinajstić information content (AvgIpc) is 3.21. The summed E-state index contributed by atoms with van der Waals surface area (Å²) in [5.74, 6) is -0.0116. The minimum absolute atomic E-state index is 0.0116. The summed E-state index contributed by atoms with van der Waals surface area (Å²) >= 11 is 0. The van der Waals surface area contributed by atoms with Crippen LogP contribution in [0.4, 0.5) is 11.4 Å². The molecule has 0 spiro atoms. The number of aromatic nitrogens is 1. The molecule has 0 bridgehead atoms. The molecular formula is C20H23N3O. The van der Waals surface area contributed by atoms with Gasteiger partial charge in [0, 0.05) is 29.7 Å². The molecule has 1 saturated carbocycles. The Balaban J connectivity index is 1.58. The molecule has 24 heavy (non-hydrogen) atoms. The number of amides is 1. The predicted octanol–water partition coefficient (Wildman–Crippen LogP) is 4.03. The SMILES string of the molecule is CC1Cc2ccccc2N1C(=O)c1cc(NC2CCCC2)ccn1. The molecule has 1 aliphatic heterocycles. The van der Waals surface area contributed by atoms with Crippen LogP contribution < -0.4 is 10.2 Å². The molecule has 0 saturated heterocycles. The van der Waals surface area contributed by atoms with E-state index in [1.165, 1.54) is 31.2 Å². The maximum atomic E-state index is 13.0. The molecule has 124 valence electrons. The summed E-state index contributed by atoms with van der Waals surface area (Å²) in [6.07, 6.45) is 7.64. The summed E-state index contributed by atoms with van der Waals surface area (Å²) in [4.78, 5) is 19.3. The third kappa shape index (κ3) is 2.77. The lowest BCUT2D eigenvalue weighted by Crippen LogP contribution is -2.36. The highest BCUT2D eigenvalue weighted by molar-refractivity contribution is 6.06. The van der Waals surface area contributed by atoms with Crippen LogP contribution >= 0.6 is 0 Å². The Bertz CT molecular complexity index is 752. The van der Waals surface area contributed by atoms with Crippen molar-refractivity contribution in [2.24, 2.45) is 0 Å². The normalized spacial score (nSPS) is 20.2. The lowest BCUT2D eigenvalue weighted by Gasteiger charge is -2.22. The standard InChI is InChI=1S/C20H23N3O/c1-14-12-15-6-2-5-9-19(15)23(14)20(24)18-13-17(10-11-21-18)22-16-7-3-4-8-16/h2,5-6,9-11,13-14,16H,3-4,7-8,12H2,1H3,(H,21,22). The molecule has 1 unspecified atom stereocenters. The van der Waals surface area contributed by atoms with E-state index in [-0.39, 0.29) is 11.9 Å². The molecule has 2 aliphatic rings. The number of hydrogen-bond donors (Lipinski definition) is 1. The van der Waals surface area contributed by atoms with E-state index in [2.05, 4.69) is 23.3 Å². The monoisotopic (exact) mass is 321 g/mol. The van der Waals surface area contributed by atoms with Gasteiger partial charge in [-0.1, -0.05) is 31.0 Å². The van der Waals surface area contributed by atoms with E-state index in [0.717, 1.165) is 17.8 Å². The fourth-order valence-electron chi connectivity index (χ4n) is 3.94. The number of carbonyl (C=O) groups is 1. The van der Waals surface area contributed by atoms with Gasteiger partial charge >= 0.3 is 0 Å². The van der Waals surface area contributed by atoms with Crippen molar-refractivity contribution < 1.29 is 4.79 Å². The first kappa shape index (κ1) is 15.2. The number of nitrogens with zero attached hydrogens (tertiary/aromatic N) is 2. The molecule has 1 fully saturated rings. The van der Waals surface area contributed by atoms with E-state index in [1.54, 1.807) is 6.20 Å². The Hall–Kier alpha value is -2.36. The van der Waals surface area contributed by atoms with Crippen LogP contribution in [0, 0.1) is 0 Å². The number of fused-ring (bicyclic) bond motifs is 1. The Labute approximate surface area is 142 Å². The quantitative estimate of drug-likeness (QED) is 0.928. The van der Waals surface area contributed by atoms with Crippen LogP contribution in [0.1, 0.15) is 48.7 Å². The van der Waals surface area contributed by atoms with Crippen LogP contribution in [-0.4, -0.2) is 23.0 Å². The van der Waals surface area contributed by atoms with E-state index in [1.807, 2.05) is 35.2 Å². The zero-order valence-electron chi connectivity index (χ0n) is 14.0. The smallest absolute Gasteiger partial charge is 0.277 e. The van der Waals surface area contributed by atoms with E-state index in [9.17, 15) is 4.79 Å². The van der Waals surface area contributed by atoms with Crippen LogP contribution in [0.15, 0.2) is 42.6 Å². The highest BCUT2D eigenvalue weighted by Gasteiger charge is 2.31. The number of carbonyl (C=O) groups excluding carboxylic acids is 1. The molecule has 1 amide bonds. The zero-order valence-corrected chi connectivity index (χ0v) is 14.0. The Morgan fingerprint density at radius 2 is 2.00 bits per heavy atom. The van der Waals surface area contributed by atoms with Crippen LogP contribution in [0.2, 0.25) is 0 Å². The molecule has 1 aromatic carbocycles. The molecule has 1 N–H and O–H groups in total. The Morgan fingerprint density at radius 1 is 1.21 bits per heavy atom. The maximum absolute atomic E-state index is 13.0. The number of nitrogens with one attached hydrogen (secondary N) is 1. The first-order valence-corrected chi connectivity index (χ1v) is 8.86. The van der Waals surface area contributed by atoms with Gasteiger partial charge < -0.3 is 10.2 Å². The van der Waals surface area contributed by atoms with Gasteiger partial charge in [0.15, 0.2) is 0 Å². The highest BCUT2D eigenvalue weighted by Crippen LogP contribution is 2.33. The summed E-state index contributed by atoms with van der Waals surface area (Å²) in [6, 6.07) is 12.7. The van der Waals surface area contributed by atoms with Gasteiger partial charge in [-0.25, -0.2) is 0 Å². The second kappa shape index (κ2) is 6.27. The first-order valence-electron chi connectivity index (χ1n) is 8.86. The van der Waals surface area contributed by atoms with Gasteiger partial charge in [0.2, 0.25) is 0 Å². The van der Waals surface area contributed by atoms with E-state index < -0.39 is 0 Å². The lowest BCUT2D eigenvalue weighted by atomic mass is 10.1. The number of para-hydroxylation sites is 1. The molecular weight excluding hydrogens is 298 g/mol. The number of benzene rings is 1. The third-order valence-corrected chi connectivity index (χ3v) is 5.13. The van der Waals surface area contributed by atoms with E-state index in [0.29, 0.717) is 11.7 Å². The van der Waals surface area contributed by atoms with Gasteiger partial charge in [-0.2, -0.15) is 0 Å². The number of anilines is 2. The van der Waals surface area contributed by atoms with Crippen molar-refractivity contribution in [3.05, 3.63) is 53.9 Å². The molecule has 4 rings (SSSR count). The molecule has 1 atom stereocenters. The van der Waals surface area contributed by atoms with Gasteiger partial charge in [-0.3, -0.25) is 9.78 Å². The summed E-state index contributed by atoms with van der Waals surface area (Å²) < 4.78 is 0. The first-order chi connectivity index (χ1) is 11.7. The van der Waals surface area contributed by atoms with Crippen LogP contribution in [0.5, 0.6) is 0 Å². The molecule has 4 heteroatoms. The van der Waals surface area contributed by atoms with Gasteiger partial charge in [0.25, 0.3) is 5.91 Å². The van der Waals surface area contributed by atoms with Gasteiger partial charge in [0.05, 0.1) is 0 Å². The minimum atomic E-state index is -0.0116. The van der Waals surface area contributed by atoms with Crippen LogP contribution in [0.3, 0.4) is 0 Å². The zero-order chi connectivity index (χ0) is 16.5. The van der Waals surface area contributed by atoms with Crippen LogP contribution in [0.25, 0.3) is 0 Å². The number of pyridine rings is 1. The Kier molecular flexibility index (Phi) is 3.97. The molecule has 0 radical (unpaired) electrons. The summed E-state index contributed by atoms with van der Waals surface area (Å²) in [5.41, 5.74) is 3.77. The second-order valence-corrected chi connectivity index (χ2v) is 6.91. The third-order valence-electron chi connectivity index (χ3n) is 5.13. The summed E-state index contributed by atoms with van der Waals surface area (Å²) in [7, 11) is 0. The molecule has 1 aliphatic carbocycles. The van der Waals surface area contributed by atoms with Crippen LogP contribution in [-0.2, 0) is 6.42 Å². The topological polar surface area (TPSA) is 45.2 Å². The molecule has 2 aromatic rings. The van der Waals surface area contributed by atoms with Gasteiger partial charge in [0.1, 0.15) is 5.69 Å². The average molecular weight is 321 g/mol. The number of rotatable bonds is 3. The maximum Gasteiger partial charge on any atom is 0.277 e. The molecule has 1 aromatic heterocycles. The van der Waals surface area contributed by atoms with Crippen molar-refractivity contribution in [3.8, 4) is 0 Å². The predicted molar refractivity (Wildman–Crippen MR) is 96.5 cm³/mol. The second-order valence-electron chi connectivity index (χ2n) is 6.91. The van der Waals surface area contributed by atoms with Crippen molar-refractivity contribution >= 4 is 17.3 Å². The van der Waals surface area contributed by atoms with E-state index >= 15 is 0 Å². The van der Waals surface area contributed by atoms with Crippen molar-refractivity contribution in [1.82, 2.24) is 4.98 Å². The van der Waals surface area contributed by atoms with Gasteiger partial charge in [-0.05, 0) is 49.9 Å². The minimum Gasteiger partial charge on any atom is -0.382 e. The van der Waals surface area contributed by atoms with Crippen molar-refractivity contribution in [1.29, 1.82) is 0 Å². The van der Waals surface area contributed by atoms with Crippen molar-refractivity contribution in [3.63, 3.8) is 0 Å². The lowest BCUT2D eigenvalue weighted by molar-refractivity contribution is 0.0976. The van der Waals surface area contributed by atoms with Crippen molar-refractivity contribution in [2.75, 3.05) is 10.2 Å². The van der Waals surface area contributed by atoms with Gasteiger partial charge in [-0.15, -0.1) is 0 Å². The van der Waals surface area contributed by atoms with Crippen molar-refractivity contribution in [2.45, 2.75) is 51.1 Å². The Morgan fingerprint density at radius 3 is 2.83 bits per heavy atom. The summed E-state index contributed by atoms with van der Waals surface area (Å²) in [6.45, 7) is 2.10. The largest absolute Gasteiger partial charge is 0.382 e. The van der Waals surface area contributed by atoms with E-state index in [4.69, 9.17) is 0 Å². The molecule has 4 nitrogen and oxygen atoms in total.